The van der Waals surface area contributed by atoms with Gasteiger partial charge in [0.2, 0.25) is 0 Å². The van der Waals surface area contributed by atoms with Gasteiger partial charge in [-0.25, -0.2) is 0 Å². The lowest BCUT2D eigenvalue weighted by Gasteiger charge is -2.12. The van der Waals surface area contributed by atoms with E-state index >= 15 is 0 Å². The summed E-state index contributed by atoms with van der Waals surface area (Å²) in [6.45, 7) is 8.93. The van der Waals surface area contributed by atoms with E-state index in [1.165, 1.54) is 36.0 Å². The summed E-state index contributed by atoms with van der Waals surface area (Å²) in [6, 6.07) is 6.82. The van der Waals surface area contributed by atoms with Crippen molar-refractivity contribution in [3.05, 3.63) is 34.9 Å². The minimum atomic E-state index is 0.661. The second-order valence-corrected chi connectivity index (χ2v) is 6.48. The molecule has 0 nitrogen and oxygen atoms in total. The van der Waals surface area contributed by atoms with Crippen molar-refractivity contribution in [2.24, 2.45) is 5.92 Å². The monoisotopic (exact) mass is 282 g/mol. The molecule has 1 unspecified atom stereocenters. The number of hydrogen-bond acceptors (Lipinski definition) is 0. The first-order chi connectivity index (χ1) is 7.49. The van der Waals surface area contributed by atoms with E-state index in [1.54, 1.807) is 0 Å². The van der Waals surface area contributed by atoms with Crippen molar-refractivity contribution >= 4 is 15.9 Å². The Morgan fingerprint density at radius 3 is 2.38 bits per heavy atom. The zero-order valence-electron chi connectivity index (χ0n) is 10.9. The van der Waals surface area contributed by atoms with E-state index in [1.807, 2.05) is 0 Å². The standard InChI is InChI=1S/C15H23Br/c1-11(2)9-15(16)8-7-14-6-5-12(3)13(4)10-14/h5-6,10-11,15H,7-9H2,1-4H3. The topological polar surface area (TPSA) is 0 Å². The fourth-order valence-electron chi connectivity index (χ4n) is 1.91. The van der Waals surface area contributed by atoms with Crippen LogP contribution in [0, 0.1) is 19.8 Å². The normalized spacial score (nSPS) is 13.1. The van der Waals surface area contributed by atoms with Crippen molar-refractivity contribution in [2.45, 2.75) is 51.8 Å². The molecule has 0 aromatic heterocycles. The molecule has 0 N–H and O–H groups in total. The van der Waals surface area contributed by atoms with Gasteiger partial charge in [-0.15, -0.1) is 0 Å². The Labute approximate surface area is 109 Å². The predicted octanol–water partition coefficient (Wildman–Crippen LogP) is 5.05. The first-order valence-electron chi connectivity index (χ1n) is 6.19. The van der Waals surface area contributed by atoms with Crippen molar-refractivity contribution in [2.75, 3.05) is 0 Å². The smallest absolute Gasteiger partial charge is 0.0151 e. The molecule has 90 valence electrons. The molecule has 1 aromatic rings. The maximum atomic E-state index is 3.77. The third-order valence-electron chi connectivity index (χ3n) is 3.04. The maximum Gasteiger partial charge on any atom is 0.0151 e. The Morgan fingerprint density at radius 2 is 1.81 bits per heavy atom. The summed E-state index contributed by atoms with van der Waals surface area (Å²) in [7, 11) is 0. The number of rotatable bonds is 5. The van der Waals surface area contributed by atoms with Gasteiger partial charge in [-0.2, -0.15) is 0 Å². The Hall–Kier alpha value is -0.300. The van der Waals surface area contributed by atoms with Gasteiger partial charge in [0.25, 0.3) is 0 Å². The van der Waals surface area contributed by atoms with Crippen molar-refractivity contribution in [1.29, 1.82) is 0 Å². The summed E-state index contributed by atoms with van der Waals surface area (Å²) >= 11 is 3.77. The van der Waals surface area contributed by atoms with Gasteiger partial charge in [-0.3, -0.25) is 0 Å². The van der Waals surface area contributed by atoms with Gasteiger partial charge in [-0.1, -0.05) is 48.0 Å². The van der Waals surface area contributed by atoms with Crippen molar-refractivity contribution in [3.8, 4) is 0 Å². The van der Waals surface area contributed by atoms with Gasteiger partial charge in [0.05, 0.1) is 0 Å². The van der Waals surface area contributed by atoms with Crippen molar-refractivity contribution in [3.63, 3.8) is 0 Å². The molecule has 0 bridgehead atoms. The van der Waals surface area contributed by atoms with Crippen molar-refractivity contribution in [1.82, 2.24) is 0 Å². The molecule has 1 aromatic carbocycles. The maximum absolute atomic E-state index is 3.77. The van der Waals surface area contributed by atoms with Crippen LogP contribution in [0.4, 0.5) is 0 Å². The Kier molecular flexibility index (Phi) is 5.54. The third-order valence-corrected chi connectivity index (χ3v) is 3.88. The molecular weight excluding hydrogens is 260 g/mol. The van der Waals surface area contributed by atoms with Crippen LogP contribution in [0.25, 0.3) is 0 Å². The zero-order valence-corrected chi connectivity index (χ0v) is 12.5. The largest absolute Gasteiger partial charge is 0.0890 e. The number of aryl methyl sites for hydroxylation is 3. The van der Waals surface area contributed by atoms with Crippen LogP contribution in [0.2, 0.25) is 0 Å². The molecule has 1 rings (SSSR count). The first kappa shape index (κ1) is 13.8. The highest BCUT2D eigenvalue weighted by atomic mass is 79.9. The summed E-state index contributed by atoms with van der Waals surface area (Å²) in [5.74, 6) is 0.782. The molecule has 16 heavy (non-hydrogen) atoms. The Bertz CT molecular complexity index is 328. The lowest BCUT2D eigenvalue weighted by atomic mass is 10.00. The van der Waals surface area contributed by atoms with Gasteiger partial charge in [-0.05, 0) is 55.7 Å². The molecule has 0 saturated heterocycles. The van der Waals surface area contributed by atoms with Gasteiger partial charge < -0.3 is 0 Å². The Balaban J connectivity index is 2.45. The van der Waals surface area contributed by atoms with E-state index in [0.717, 1.165) is 5.92 Å². The highest BCUT2D eigenvalue weighted by molar-refractivity contribution is 9.09. The summed E-state index contributed by atoms with van der Waals surface area (Å²) in [5, 5.41) is 0. The van der Waals surface area contributed by atoms with Crippen LogP contribution in [-0.2, 0) is 6.42 Å². The number of hydrogen-bond donors (Lipinski definition) is 0. The highest BCUT2D eigenvalue weighted by Crippen LogP contribution is 2.19. The predicted molar refractivity (Wildman–Crippen MR) is 76.4 cm³/mol. The highest BCUT2D eigenvalue weighted by Gasteiger charge is 2.07. The molecule has 0 amide bonds. The molecule has 1 atom stereocenters. The van der Waals surface area contributed by atoms with E-state index in [0.29, 0.717) is 4.83 Å². The van der Waals surface area contributed by atoms with Crippen LogP contribution in [0.1, 0.15) is 43.4 Å². The van der Waals surface area contributed by atoms with Crippen molar-refractivity contribution < 1.29 is 0 Å². The van der Waals surface area contributed by atoms with Crippen LogP contribution >= 0.6 is 15.9 Å². The van der Waals surface area contributed by atoms with Crippen LogP contribution < -0.4 is 0 Å². The fraction of sp³-hybridized carbons (Fsp3) is 0.600. The molecular formula is C15H23Br. The molecule has 0 aliphatic rings. The molecule has 0 spiro atoms. The van der Waals surface area contributed by atoms with E-state index in [-0.39, 0.29) is 0 Å². The van der Waals surface area contributed by atoms with Gasteiger partial charge in [0.1, 0.15) is 0 Å². The molecule has 0 radical (unpaired) electrons. The van der Waals surface area contributed by atoms with Crippen LogP contribution in [0.15, 0.2) is 18.2 Å². The van der Waals surface area contributed by atoms with Gasteiger partial charge >= 0.3 is 0 Å². The molecule has 0 aliphatic carbocycles. The minimum absolute atomic E-state index is 0.661. The summed E-state index contributed by atoms with van der Waals surface area (Å²) < 4.78 is 0. The van der Waals surface area contributed by atoms with E-state index in [9.17, 15) is 0 Å². The minimum Gasteiger partial charge on any atom is -0.0890 e. The van der Waals surface area contributed by atoms with Crippen LogP contribution in [-0.4, -0.2) is 4.83 Å². The fourth-order valence-corrected chi connectivity index (χ4v) is 2.89. The van der Waals surface area contributed by atoms with Gasteiger partial charge in [0.15, 0.2) is 0 Å². The van der Waals surface area contributed by atoms with E-state index < -0.39 is 0 Å². The molecule has 0 aliphatic heterocycles. The van der Waals surface area contributed by atoms with E-state index in [2.05, 4.69) is 61.8 Å². The molecule has 0 fully saturated rings. The first-order valence-corrected chi connectivity index (χ1v) is 7.10. The van der Waals surface area contributed by atoms with E-state index in [4.69, 9.17) is 0 Å². The average molecular weight is 283 g/mol. The lowest BCUT2D eigenvalue weighted by molar-refractivity contribution is 0.554. The zero-order chi connectivity index (χ0) is 12.1. The molecule has 1 heteroatoms. The van der Waals surface area contributed by atoms with Crippen LogP contribution in [0.5, 0.6) is 0 Å². The molecule has 0 saturated carbocycles. The summed E-state index contributed by atoms with van der Waals surface area (Å²) in [6.07, 6.45) is 3.69. The molecule has 0 heterocycles. The number of benzene rings is 1. The second kappa shape index (κ2) is 6.44. The van der Waals surface area contributed by atoms with Crippen LogP contribution in [0.3, 0.4) is 0 Å². The van der Waals surface area contributed by atoms with Gasteiger partial charge in [0, 0.05) is 4.83 Å². The SMILES string of the molecule is Cc1ccc(CCC(Br)CC(C)C)cc1C. The average Bonchev–Trinajstić information content (AvgIpc) is 2.19. The third kappa shape index (κ3) is 4.69. The summed E-state index contributed by atoms with van der Waals surface area (Å²) in [5.41, 5.74) is 4.27. The second-order valence-electron chi connectivity index (χ2n) is 5.18. The Morgan fingerprint density at radius 1 is 1.12 bits per heavy atom. The lowest BCUT2D eigenvalue weighted by Crippen LogP contribution is -2.04. The number of halogens is 1. The number of alkyl halides is 1. The summed E-state index contributed by atoms with van der Waals surface area (Å²) in [4.78, 5) is 0.661. The quantitative estimate of drug-likeness (QED) is 0.664.